The number of alkyl halides is 3. The summed E-state index contributed by atoms with van der Waals surface area (Å²) in [6.45, 7) is 0.408. The van der Waals surface area contributed by atoms with Crippen LogP contribution < -0.4 is 5.73 Å². The van der Waals surface area contributed by atoms with Crippen LogP contribution in [0.1, 0.15) is 28.9 Å². The molecule has 0 bridgehead atoms. The van der Waals surface area contributed by atoms with Crippen LogP contribution in [0.2, 0.25) is 0 Å². The number of aromatic nitrogens is 2. The van der Waals surface area contributed by atoms with Crippen LogP contribution in [-0.4, -0.2) is 9.78 Å². The zero-order valence-corrected chi connectivity index (χ0v) is 10.7. The Hall–Kier alpha value is -1.82. The summed E-state index contributed by atoms with van der Waals surface area (Å²) in [6.07, 6.45) is -2.56. The van der Waals surface area contributed by atoms with Gasteiger partial charge in [-0.3, -0.25) is 0 Å². The van der Waals surface area contributed by atoms with Gasteiger partial charge >= 0.3 is 6.18 Å². The first-order valence-corrected chi connectivity index (χ1v) is 6.48. The van der Waals surface area contributed by atoms with Crippen LogP contribution in [-0.2, 0) is 25.6 Å². The number of benzene rings is 1. The molecule has 1 aromatic carbocycles. The quantitative estimate of drug-likeness (QED) is 0.920. The molecule has 0 radical (unpaired) electrons. The Morgan fingerprint density at radius 1 is 1.15 bits per heavy atom. The van der Waals surface area contributed by atoms with E-state index in [1.807, 2.05) is 12.1 Å². The number of nitrogens with zero attached hydrogens (tertiary/aromatic N) is 2. The summed E-state index contributed by atoms with van der Waals surface area (Å²) in [4.78, 5) is 0. The predicted octanol–water partition coefficient (Wildman–Crippen LogP) is 2.84. The third kappa shape index (κ3) is 2.10. The highest BCUT2D eigenvalue weighted by Crippen LogP contribution is 2.37. The molecule has 1 aliphatic carbocycles. The van der Waals surface area contributed by atoms with Crippen molar-refractivity contribution >= 4 is 0 Å². The lowest BCUT2D eigenvalue weighted by atomic mass is 10.2. The van der Waals surface area contributed by atoms with Crippen molar-refractivity contribution in [2.45, 2.75) is 32.0 Å². The molecule has 3 nitrogen and oxygen atoms in total. The van der Waals surface area contributed by atoms with Gasteiger partial charge in [-0.05, 0) is 37.0 Å². The summed E-state index contributed by atoms with van der Waals surface area (Å²) in [7, 11) is 0. The van der Waals surface area contributed by atoms with Crippen LogP contribution >= 0.6 is 0 Å². The molecule has 1 aromatic heterocycles. The van der Waals surface area contributed by atoms with E-state index >= 15 is 0 Å². The molecule has 0 fully saturated rings. The summed E-state index contributed by atoms with van der Waals surface area (Å²) >= 11 is 0. The topological polar surface area (TPSA) is 43.8 Å². The van der Waals surface area contributed by atoms with Crippen LogP contribution in [0.5, 0.6) is 0 Å². The second-order valence-corrected chi connectivity index (χ2v) is 4.91. The summed E-state index contributed by atoms with van der Waals surface area (Å²) in [6, 6.07) is 7.14. The van der Waals surface area contributed by atoms with Gasteiger partial charge in [-0.1, -0.05) is 12.1 Å². The van der Waals surface area contributed by atoms with Crippen molar-refractivity contribution in [1.82, 2.24) is 9.78 Å². The summed E-state index contributed by atoms with van der Waals surface area (Å²) < 4.78 is 40.4. The van der Waals surface area contributed by atoms with E-state index in [2.05, 4.69) is 5.10 Å². The number of hydrogen-bond donors (Lipinski definition) is 1. The van der Waals surface area contributed by atoms with Gasteiger partial charge in [-0.25, -0.2) is 4.68 Å². The van der Waals surface area contributed by atoms with Crippen molar-refractivity contribution < 1.29 is 13.2 Å². The van der Waals surface area contributed by atoms with Gasteiger partial charge in [0, 0.05) is 17.8 Å². The van der Waals surface area contributed by atoms with Crippen LogP contribution in [0.15, 0.2) is 24.3 Å². The minimum atomic E-state index is -4.39. The highest BCUT2D eigenvalue weighted by Gasteiger charge is 2.40. The Labute approximate surface area is 114 Å². The van der Waals surface area contributed by atoms with Gasteiger partial charge in [0.2, 0.25) is 0 Å². The van der Waals surface area contributed by atoms with Gasteiger partial charge in [0.25, 0.3) is 0 Å². The fraction of sp³-hybridized carbons (Fsp3) is 0.357. The lowest BCUT2D eigenvalue weighted by Crippen LogP contribution is -2.10. The number of hydrogen-bond acceptors (Lipinski definition) is 2. The second kappa shape index (κ2) is 4.63. The second-order valence-electron chi connectivity index (χ2n) is 4.91. The molecular formula is C14H14F3N3. The molecule has 3 rings (SSSR count). The molecule has 6 heteroatoms. The molecule has 106 valence electrons. The Kier molecular flexibility index (Phi) is 3.05. The standard InChI is InChI=1S/C14H14F3N3/c15-14(16,17)13-11-2-1-3-12(11)20(19-13)10-6-4-9(8-18)5-7-10/h4-7H,1-3,8,18H2. The van der Waals surface area contributed by atoms with Crippen LogP contribution in [0.25, 0.3) is 5.69 Å². The summed E-state index contributed by atoms with van der Waals surface area (Å²) in [5.74, 6) is 0. The van der Waals surface area contributed by atoms with Gasteiger partial charge in [0.15, 0.2) is 5.69 Å². The third-order valence-electron chi connectivity index (χ3n) is 3.62. The summed E-state index contributed by atoms with van der Waals surface area (Å²) in [5.41, 5.74) is 7.39. The van der Waals surface area contributed by atoms with Crippen molar-refractivity contribution in [3.63, 3.8) is 0 Å². The third-order valence-corrected chi connectivity index (χ3v) is 3.62. The number of halogens is 3. The van der Waals surface area contributed by atoms with E-state index in [0.717, 1.165) is 12.0 Å². The van der Waals surface area contributed by atoms with E-state index in [-0.39, 0.29) is 0 Å². The van der Waals surface area contributed by atoms with Crippen LogP contribution in [0.4, 0.5) is 13.2 Å². The molecule has 20 heavy (non-hydrogen) atoms. The van der Waals surface area contributed by atoms with Gasteiger partial charge < -0.3 is 5.73 Å². The van der Waals surface area contributed by atoms with E-state index in [9.17, 15) is 13.2 Å². The normalized spacial score (nSPS) is 14.6. The molecule has 1 aliphatic rings. The zero-order chi connectivity index (χ0) is 14.3. The van der Waals surface area contributed by atoms with Crippen LogP contribution in [0.3, 0.4) is 0 Å². The predicted molar refractivity (Wildman–Crippen MR) is 68.5 cm³/mol. The van der Waals surface area contributed by atoms with Crippen LogP contribution in [0, 0.1) is 0 Å². The smallest absolute Gasteiger partial charge is 0.326 e. The average Bonchev–Trinajstić information content (AvgIpc) is 2.99. The molecule has 2 N–H and O–H groups in total. The molecule has 0 saturated heterocycles. The minimum absolute atomic E-state index is 0.348. The first kappa shape index (κ1) is 13.2. The zero-order valence-electron chi connectivity index (χ0n) is 10.7. The van der Waals surface area contributed by atoms with E-state index < -0.39 is 11.9 Å². The van der Waals surface area contributed by atoms with Crippen molar-refractivity contribution in [3.8, 4) is 5.69 Å². The Bertz CT molecular complexity index is 626. The molecule has 0 atom stereocenters. The number of nitrogens with two attached hydrogens (primary N) is 1. The molecular weight excluding hydrogens is 267 g/mol. The SMILES string of the molecule is NCc1ccc(-n2nc(C(F)(F)F)c3c2CCC3)cc1. The van der Waals surface area contributed by atoms with Crippen molar-refractivity contribution in [2.75, 3.05) is 0 Å². The fourth-order valence-electron chi connectivity index (χ4n) is 2.65. The molecule has 0 amide bonds. The molecule has 0 saturated carbocycles. The monoisotopic (exact) mass is 281 g/mol. The number of fused-ring (bicyclic) bond motifs is 1. The van der Waals surface area contributed by atoms with E-state index in [0.29, 0.717) is 36.3 Å². The fourth-order valence-corrected chi connectivity index (χ4v) is 2.65. The molecule has 0 spiro atoms. The molecule has 2 aromatic rings. The largest absolute Gasteiger partial charge is 0.435 e. The first-order chi connectivity index (χ1) is 9.50. The maximum Gasteiger partial charge on any atom is 0.435 e. The van der Waals surface area contributed by atoms with Gasteiger partial charge in [0.05, 0.1) is 5.69 Å². The average molecular weight is 281 g/mol. The van der Waals surface area contributed by atoms with Gasteiger partial charge in [-0.15, -0.1) is 0 Å². The molecule has 0 aliphatic heterocycles. The highest BCUT2D eigenvalue weighted by molar-refractivity contribution is 5.41. The first-order valence-electron chi connectivity index (χ1n) is 6.48. The van der Waals surface area contributed by atoms with Crippen molar-refractivity contribution in [1.29, 1.82) is 0 Å². The lowest BCUT2D eigenvalue weighted by molar-refractivity contribution is -0.141. The Balaban J connectivity index is 2.10. The Morgan fingerprint density at radius 2 is 1.85 bits per heavy atom. The van der Waals surface area contributed by atoms with E-state index in [1.165, 1.54) is 4.68 Å². The lowest BCUT2D eigenvalue weighted by Gasteiger charge is -2.07. The van der Waals surface area contributed by atoms with Crippen molar-refractivity contribution in [2.24, 2.45) is 5.73 Å². The van der Waals surface area contributed by atoms with Crippen molar-refractivity contribution in [3.05, 3.63) is 46.8 Å². The maximum atomic E-state index is 13.0. The molecule has 1 heterocycles. The maximum absolute atomic E-state index is 13.0. The van der Waals surface area contributed by atoms with Gasteiger partial charge in [-0.2, -0.15) is 18.3 Å². The Morgan fingerprint density at radius 3 is 2.45 bits per heavy atom. The van der Waals surface area contributed by atoms with Gasteiger partial charge in [0.1, 0.15) is 0 Å². The van der Waals surface area contributed by atoms with E-state index in [4.69, 9.17) is 5.73 Å². The number of rotatable bonds is 2. The molecule has 0 unspecified atom stereocenters. The van der Waals surface area contributed by atoms with E-state index in [1.54, 1.807) is 12.1 Å². The highest BCUT2D eigenvalue weighted by atomic mass is 19.4. The summed E-state index contributed by atoms with van der Waals surface area (Å²) in [5, 5.41) is 3.79. The minimum Gasteiger partial charge on any atom is -0.326 e.